The van der Waals surface area contributed by atoms with E-state index in [4.69, 9.17) is 0 Å². The molecule has 1 saturated heterocycles. The number of unbranched alkanes of at least 4 members (excludes halogenated alkanes) is 8. The number of likely N-dealkylation sites (tertiary alicyclic amines) is 1. The van der Waals surface area contributed by atoms with Gasteiger partial charge in [-0.1, -0.05) is 71.1 Å². The van der Waals surface area contributed by atoms with Crippen molar-refractivity contribution >= 4 is 0 Å². The molecule has 2 unspecified atom stereocenters. The van der Waals surface area contributed by atoms with Crippen LogP contribution >= 0.6 is 0 Å². The van der Waals surface area contributed by atoms with Gasteiger partial charge >= 0.3 is 0 Å². The summed E-state index contributed by atoms with van der Waals surface area (Å²) in [7, 11) is 0. The molecule has 1 aliphatic heterocycles. The summed E-state index contributed by atoms with van der Waals surface area (Å²) in [5.41, 5.74) is 0. The van der Waals surface area contributed by atoms with E-state index in [1.165, 1.54) is 109 Å². The average molecular weight is 294 g/mol. The van der Waals surface area contributed by atoms with Gasteiger partial charge in [0.15, 0.2) is 0 Å². The highest BCUT2D eigenvalue weighted by Gasteiger charge is 2.32. The number of rotatable bonds is 10. The molecule has 2 rings (SSSR count). The Morgan fingerprint density at radius 2 is 1.33 bits per heavy atom. The van der Waals surface area contributed by atoms with Crippen LogP contribution in [0.5, 0.6) is 0 Å². The number of hydrogen-bond acceptors (Lipinski definition) is 1. The highest BCUT2D eigenvalue weighted by molar-refractivity contribution is 4.87. The van der Waals surface area contributed by atoms with Crippen LogP contribution in [0.25, 0.3) is 0 Å². The first-order valence-electron chi connectivity index (χ1n) is 10.2. The SMILES string of the molecule is CCCCCCCCCCCN1CCCC2CCCCC21. The maximum absolute atomic E-state index is 2.87. The van der Waals surface area contributed by atoms with E-state index in [0.717, 1.165) is 12.0 Å². The van der Waals surface area contributed by atoms with Crippen molar-refractivity contribution in [2.75, 3.05) is 13.1 Å². The summed E-state index contributed by atoms with van der Waals surface area (Å²) in [6, 6.07) is 0.974. The largest absolute Gasteiger partial charge is 0.300 e. The molecule has 2 aliphatic rings. The molecule has 1 heterocycles. The number of fused-ring (bicyclic) bond motifs is 1. The van der Waals surface area contributed by atoms with Gasteiger partial charge in [-0.2, -0.15) is 0 Å². The summed E-state index contributed by atoms with van der Waals surface area (Å²) in [5, 5.41) is 0. The van der Waals surface area contributed by atoms with Gasteiger partial charge in [-0.15, -0.1) is 0 Å². The molecule has 1 aliphatic carbocycles. The predicted molar refractivity (Wildman–Crippen MR) is 93.8 cm³/mol. The summed E-state index contributed by atoms with van der Waals surface area (Å²) in [6.45, 7) is 5.10. The Hall–Kier alpha value is -0.0400. The van der Waals surface area contributed by atoms with Crippen LogP contribution in [0.4, 0.5) is 0 Å². The fourth-order valence-corrected chi connectivity index (χ4v) is 4.63. The van der Waals surface area contributed by atoms with Gasteiger partial charge in [-0.3, -0.25) is 0 Å². The molecule has 0 aromatic carbocycles. The fourth-order valence-electron chi connectivity index (χ4n) is 4.63. The zero-order valence-corrected chi connectivity index (χ0v) is 14.6. The molecule has 1 nitrogen and oxygen atoms in total. The second-order valence-corrected chi connectivity index (χ2v) is 7.62. The molecular formula is C20H39N. The van der Waals surface area contributed by atoms with Crippen molar-refractivity contribution in [2.45, 2.75) is 109 Å². The number of nitrogens with zero attached hydrogens (tertiary/aromatic N) is 1. The lowest BCUT2D eigenvalue weighted by atomic mass is 9.78. The molecule has 21 heavy (non-hydrogen) atoms. The van der Waals surface area contributed by atoms with E-state index in [2.05, 4.69) is 11.8 Å². The van der Waals surface area contributed by atoms with Gasteiger partial charge in [0.2, 0.25) is 0 Å². The van der Waals surface area contributed by atoms with Gasteiger partial charge in [0.25, 0.3) is 0 Å². The Bertz CT molecular complexity index is 248. The van der Waals surface area contributed by atoms with E-state index in [-0.39, 0.29) is 0 Å². The van der Waals surface area contributed by atoms with E-state index in [9.17, 15) is 0 Å². The second kappa shape index (κ2) is 10.6. The van der Waals surface area contributed by atoms with Crippen molar-refractivity contribution in [1.82, 2.24) is 4.90 Å². The Labute approximate surface area is 133 Å². The molecule has 2 fully saturated rings. The average Bonchev–Trinajstić information content (AvgIpc) is 2.53. The second-order valence-electron chi connectivity index (χ2n) is 7.62. The van der Waals surface area contributed by atoms with Crippen LogP contribution in [0, 0.1) is 5.92 Å². The predicted octanol–water partition coefficient (Wildman–Crippen LogP) is 6.17. The quantitative estimate of drug-likeness (QED) is 0.435. The molecule has 0 radical (unpaired) electrons. The zero-order chi connectivity index (χ0) is 14.8. The number of hydrogen-bond donors (Lipinski definition) is 0. The molecule has 0 N–H and O–H groups in total. The zero-order valence-electron chi connectivity index (χ0n) is 14.6. The maximum atomic E-state index is 2.87. The van der Waals surface area contributed by atoms with Crippen LogP contribution < -0.4 is 0 Å². The van der Waals surface area contributed by atoms with Gasteiger partial charge < -0.3 is 4.90 Å². The summed E-state index contributed by atoms with van der Waals surface area (Å²) < 4.78 is 0. The van der Waals surface area contributed by atoms with E-state index in [0.29, 0.717) is 0 Å². The topological polar surface area (TPSA) is 3.24 Å². The van der Waals surface area contributed by atoms with Crippen LogP contribution in [-0.2, 0) is 0 Å². The molecular weight excluding hydrogens is 254 g/mol. The minimum atomic E-state index is 0.974. The summed E-state index contributed by atoms with van der Waals surface area (Å²) in [6.07, 6.45) is 22.2. The van der Waals surface area contributed by atoms with Crippen LogP contribution in [-0.4, -0.2) is 24.0 Å². The lowest BCUT2D eigenvalue weighted by Gasteiger charge is -2.44. The van der Waals surface area contributed by atoms with Crippen LogP contribution in [0.2, 0.25) is 0 Å². The Morgan fingerprint density at radius 3 is 2.10 bits per heavy atom. The highest BCUT2D eigenvalue weighted by Crippen LogP contribution is 2.35. The Kier molecular flexibility index (Phi) is 8.78. The van der Waals surface area contributed by atoms with Crippen molar-refractivity contribution in [3.63, 3.8) is 0 Å². The lowest BCUT2D eigenvalue weighted by molar-refractivity contribution is 0.0595. The molecule has 0 amide bonds. The first kappa shape index (κ1) is 17.3. The van der Waals surface area contributed by atoms with E-state index in [1.54, 1.807) is 0 Å². The molecule has 2 atom stereocenters. The fraction of sp³-hybridized carbons (Fsp3) is 1.00. The minimum absolute atomic E-state index is 0.974. The van der Waals surface area contributed by atoms with Gasteiger partial charge in [0, 0.05) is 6.04 Å². The number of piperidine rings is 1. The monoisotopic (exact) mass is 293 g/mol. The van der Waals surface area contributed by atoms with E-state index < -0.39 is 0 Å². The highest BCUT2D eigenvalue weighted by atomic mass is 15.2. The maximum Gasteiger partial charge on any atom is 0.0123 e. The summed E-state index contributed by atoms with van der Waals surface area (Å²) in [5.74, 6) is 1.06. The third-order valence-corrected chi connectivity index (χ3v) is 5.91. The molecule has 1 saturated carbocycles. The van der Waals surface area contributed by atoms with E-state index in [1.807, 2.05) is 0 Å². The molecule has 124 valence electrons. The first-order chi connectivity index (χ1) is 10.4. The molecule has 0 spiro atoms. The molecule has 0 aromatic heterocycles. The Morgan fingerprint density at radius 1 is 0.714 bits per heavy atom. The van der Waals surface area contributed by atoms with Gasteiger partial charge in [0.1, 0.15) is 0 Å². The van der Waals surface area contributed by atoms with Crippen molar-refractivity contribution < 1.29 is 0 Å². The smallest absolute Gasteiger partial charge is 0.0123 e. The minimum Gasteiger partial charge on any atom is -0.300 e. The van der Waals surface area contributed by atoms with Crippen molar-refractivity contribution in [1.29, 1.82) is 0 Å². The van der Waals surface area contributed by atoms with E-state index >= 15 is 0 Å². The van der Waals surface area contributed by atoms with Crippen molar-refractivity contribution in [2.24, 2.45) is 5.92 Å². The normalized spacial score (nSPS) is 26.7. The van der Waals surface area contributed by atoms with Crippen LogP contribution in [0.1, 0.15) is 103 Å². The van der Waals surface area contributed by atoms with Gasteiger partial charge in [0.05, 0.1) is 0 Å². The van der Waals surface area contributed by atoms with Gasteiger partial charge in [-0.25, -0.2) is 0 Å². The summed E-state index contributed by atoms with van der Waals surface area (Å²) in [4.78, 5) is 2.87. The molecule has 0 aromatic rings. The van der Waals surface area contributed by atoms with Crippen LogP contribution in [0.15, 0.2) is 0 Å². The standard InChI is InChI=1S/C20H39N/c1-2-3-4-5-6-7-8-9-12-17-21-18-13-15-19-14-10-11-16-20(19)21/h19-20H,2-18H2,1H3. The van der Waals surface area contributed by atoms with Crippen molar-refractivity contribution in [3.8, 4) is 0 Å². The Balaban J connectivity index is 1.48. The third-order valence-electron chi connectivity index (χ3n) is 5.91. The molecule has 0 bridgehead atoms. The summed E-state index contributed by atoms with van der Waals surface area (Å²) >= 11 is 0. The molecule has 1 heteroatoms. The van der Waals surface area contributed by atoms with Crippen molar-refractivity contribution in [3.05, 3.63) is 0 Å². The lowest BCUT2D eigenvalue weighted by Crippen LogP contribution is -2.46. The van der Waals surface area contributed by atoms with Crippen LogP contribution in [0.3, 0.4) is 0 Å². The first-order valence-corrected chi connectivity index (χ1v) is 10.2. The third kappa shape index (κ3) is 6.30. The van der Waals surface area contributed by atoms with Gasteiger partial charge in [-0.05, 0) is 51.1 Å².